The van der Waals surface area contributed by atoms with Crippen molar-refractivity contribution in [3.63, 3.8) is 0 Å². The van der Waals surface area contributed by atoms with Gasteiger partial charge in [0.25, 0.3) is 5.91 Å². The summed E-state index contributed by atoms with van der Waals surface area (Å²) in [4.78, 5) is 21.3. The van der Waals surface area contributed by atoms with Crippen LogP contribution in [0, 0.1) is 5.92 Å². The fourth-order valence-electron chi connectivity index (χ4n) is 2.54. The van der Waals surface area contributed by atoms with Crippen molar-refractivity contribution in [1.82, 2.24) is 14.4 Å². The summed E-state index contributed by atoms with van der Waals surface area (Å²) in [6, 6.07) is 9.19. The van der Waals surface area contributed by atoms with Crippen LogP contribution in [0.15, 0.2) is 42.7 Å². The van der Waals surface area contributed by atoms with Crippen LogP contribution in [0.1, 0.15) is 30.2 Å². The molecule has 0 unspecified atom stereocenters. The molecule has 0 aliphatic rings. The average molecular weight is 324 g/mol. The molecule has 1 N–H and O–H groups in total. The zero-order valence-corrected chi connectivity index (χ0v) is 14.0. The van der Waals surface area contributed by atoms with Gasteiger partial charge >= 0.3 is 0 Å². The van der Waals surface area contributed by atoms with Gasteiger partial charge in [-0.1, -0.05) is 19.9 Å². The summed E-state index contributed by atoms with van der Waals surface area (Å²) in [7, 11) is 1.55. The van der Waals surface area contributed by atoms with Gasteiger partial charge in [0, 0.05) is 18.7 Å². The van der Waals surface area contributed by atoms with Crippen LogP contribution in [-0.2, 0) is 6.42 Å². The summed E-state index contributed by atoms with van der Waals surface area (Å²) in [6.07, 6.45) is 4.30. The molecule has 0 saturated heterocycles. The maximum Gasteiger partial charge on any atom is 0.276 e. The average Bonchev–Trinajstić information content (AvgIpc) is 2.94. The third-order valence-corrected chi connectivity index (χ3v) is 3.63. The van der Waals surface area contributed by atoms with Crippen molar-refractivity contribution < 1.29 is 9.53 Å². The molecule has 0 atom stereocenters. The fourth-order valence-corrected chi connectivity index (χ4v) is 2.54. The van der Waals surface area contributed by atoms with Crippen molar-refractivity contribution >= 4 is 17.1 Å². The maximum absolute atomic E-state index is 12.6. The van der Waals surface area contributed by atoms with Crippen LogP contribution < -0.4 is 10.1 Å². The predicted molar refractivity (Wildman–Crippen MR) is 92.5 cm³/mol. The molecule has 0 radical (unpaired) electrons. The van der Waals surface area contributed by atoms with Gasteiger partial charge < -0.3 is 14.5 Å². The molecule has 1 amide bonds. The SMILES string of the molecule is COc1ccc(NC(=O)c2nc(CC(C)C)n3ccccc23)cn1. The minimum atomic E-state index is -0.249. The number of carbonyl (C=O) groups is 1. The summed E-state index contributed by atoms with van der Waals surface area (Å²) in [5.41, 5.74) is 1.82. The normalized spacial score (nSPS) is 11.0. The van der Waals surface area contributed by atoms with E-state index in [2.05, 4.69) is 29.1 Å². The minimum Gasteiger partial charge on any atom is -0.481 e. The predicted octanol–water partition coefficient (Wildman–Crippen LogP) is 3.19. The first kappa shape index (κ1) is 16.0. The Kier molecular flexibility index (Phi) is 4.46. The van der Waals surface area contributed by atoms with Crippen LogP contribution in [0.4, 0.5) is 5.69 Å². The van der Waals surface area contributed by atoms with Gasteiger partial charge in [0.15, 0.2) is 5.69 Å². The Morgan fingerprint density at radius 3 is 2.79 bits per heavy atom. The van der Waals surface area contributed by atoms with Crippen LogP contribution >= 0.6 is 0 Å². The first-order chi connectivity index (χ1) is 11.6. The first-order valence-corrected chi connectivity index (χ1v) is 7.86. The number of imidazole rings is 1. The zero-order chi connectivity index (χ0) is 17.1. The molecule has 0 bridgehead atoms. The lowest BCUT2D eigenvalue weighted by Gasteiger charge is -2.04. The lowest BCUT2D eigenvalue weighted by atomic mass is 10.1. The topological polar surface area (TPSA) is 68.5 Å². The Hall–Kier alpha value is -2.89. The quantitative estimate of drug-likeness (QED) is 0.782. The minimum absolute atomic E-state index is 0.249. The second-order valence-electron chi connectivity index (χ2n) is 5.97. The van der Waals surface area contributed by atoms with Crippen molar-refractivity contribution in [3.8, 4) is 5.88 Å². The molecular weight excluding hydrogens is 304 g/mol. The molecule has 0 aliphatic heterocycles. The van der Waals surface area contributed by atoms with Crippen molar-refractivity contribution in [2.45, 2.75) is 20.3 Å². The summed E-state index contributed by atoms with van der Waals surface area (Å²) in [5.74, 6) is 1.59. The van der Waals surface area contributed by atoms with Crippen LogP contribution in [0.2, 0.25) is 0 Å². The molecule has 6 nitrogen and oxygen atoms in total. The zero-order valence-electron chi connectivity index (χ0n) is 14.0. The number of rotatable bonds is 5. The summed E-state index contributed by atoms with van der Waals surface area (Å²) in [6.45, 7) is 4.26. The highest BCUT2D eigenvalue weighted by atomic mass is 16.5. The van der Waals surface area contributed by atoms with E-state index in [0.717, 1.165) is 17.8 Å². The molecule has 0 saturated carbocycles. The molecular formula is C18H20N4O2. The molecule has 0 spiro atoms. The van der Waals surface area contributed by atoms with Gasteiger partial charge in [-0.25, -0.2) is 9.97 Å². The monoisotopic (exact) mass is 324 g/mol. The maximum atomic E-state index is 12.6. The Labute approximate surface area is 140 Å². The number of hydrogen-bond donors (Lipinski definition) is 1. The number of methoxy groups -OCH3 is 1. The molecule has 0 fully saturated rings. The van der Waals surface area contributed by atoms with E-state index in [4.69, 9.17) is 4.74 Å². The summed E-state index contributed by atoms with van der Waals surface area (Å²) >= 11 is 0. The van der Waals surface area contributed by atoms with Gasteiger partial charge in [-0.2, -0.15) is 0 Å². The van der Waals surface area contributed by atoms with Crippen LogP contribution in [0.3, 0.4) is 0 Å². The van der Waals surface area contributed by atoms with Gasteiger partial charge in [0.1, 0.15) is 5.82 Å². The highest BCUT2D eigenvalue weighted by Crippen LogP contribution is 2.18. The Bertz CT molecular complexity index is 853. The van der Waals surface area contributed by atoms with Gasteiger partial charge in [-0.3, -0.25) is 4.79 Å². The van der Waals surface area contributed by atoms with Gasteiger partial charge in [0.2, 0.25) is 5.88 Å². The second kappa shape index (κ2) is 6.70. The molecule has 0 aromatic carbocycles. The van der Waals surface area contributed by atoms with E-state index in [-0.39, 0.29) is 5.91 Å². The van der Waals surface area contributed by atoms with Crippen molar-refractivity contribution in [2.75, 3.05) is 12.4 Å². The Morgan fingerprint density at radius 1 is 1.29 bits per heavy atom. The Balaban J connectivity index is 1.91. The highest BCUT2D eigenvalue weighted by molar-refractivity contribution is 6.07. The largest absolute Gasteiger partial charge is 0.481 e. The molecule has 6 heteroatoms. The van der Waals surface area contributed by atoms with Crippen LogP contribution in [0.25, 0.3) is 5.52 Å². The van der Waals surface area contributed by atoms with E-state index in [9.17, 15) is 4.79 Å². The van der Waals surface area contributed by atoms with E-state index in [1.54, 1.807) is 25.4 Å². The van der Waals surface area contributed by atoms with E-state index in [1.165, 1.54) is 0 Å². The van der Waals surface area contributed by atoms with Gasteiger partial charge in [-0.15, -0.1) is 0 Å². The van der Waals surface area contributed by atoms with E-state index in [0.29, 0.717) is 23.2 Å². The van der Waals surface area contributed by atoms with Crippen molar-refractivity contribution in [1.29, 1.82) is 0 Å². The number of nitrogens with one attached hydrogen (secondary N) is 1. The molecule has 124 valence electrons. The Morgan fingerprint density at radius 2 is 2.12 bits per heavy atom. The van der Waals surface area contributed by atoms with Gasteiger partial charge in [0.05, 0.1) is 24.5 Å². The van der Waals surface area contributed by atoms with Crippen molar-refractivity contribution in [2.24, 2.45) is 5.92 Å². The number of nitrogens with zero attached hydrogens (tertiary/aromatic N) is 3. The number of hydrogen-bond acceptors (Lipinski definition) is 4. The number of amides is 1. The van der Waals surface area contributed by atoms with E-state index >= 15 is 0 Å². The number of carbonyl (C=O) groups excluding carboxylic acids is 1. The molecule has 24 heavy (non-hydrogen) atoms. The fraction of sp³-hybridized carbons (Fsp3) is 0.278. The number of ether oxygens (including phenoxy) is 1. The third-order valence-electron chi connectivity index (χ3n) is 3.63. The van der Waals surface area contributed by atoms with E-state index < -0.39 is 0 Å². The third kappa shape index (κ3) is 3.22. The molecule has 3 rings (SSSR count). The smallest absolute Gasteiger partial charge is 0.276 e. The van der Waals surface area contributed by atoms with Crippen LogP contribution in [-0.4, -0.2) is 27.4 Å². The van der Waals surface area contributed by atoms with E-state index in [1.807, 2.05) is 28.8 Å². The molecule has 3 aromatic rings. The number of aromatic nitrogens is 3. The molecule has 0 aliphatic carbocycles. The van der Waals surface area contributed by atoms with Crippen molar-refractivity contribution in [3.05, 3.63) is 54.2 Å². The standard InChI is InChI=1S/C18H20N4O2/c1-12(2)10-15-21-17(14-6-4-5-9-22(14)15)18(23)20-13-7-8-16(24-3)19-11-13/h4-9,11-12H,10H2,1-3H3,(H,20,23). The summed E-state index contributed by atoms with van der Waals surface area (Å²) < 4.78 is 6.99. The lowest BCUT2D eigenvalue weighted by molar-refractivity contribution is 0.102. The lowest BCUT2D eigenvalue weighted by Crippen LogP contribution is -2.13. The highest BCUT2D eigenvalue weighted by Gasteiger charge is 2.18. The van der Waals surface area contributed by atoms with Crippen LogP contribution in [0.5, 0.6) is 5.88 Å². The first-order valence-electron chi connectivity index (χ1n) is 7.86. The number of pyridine rings is 2. The molecule has 3 heterocycles. The summed E-state index contributed by atoms with van der Waals surface area (Å²) in [5, 5.41) is 2.84. The number of fused-ring (bicyclic) bond motifs is 1. The molecule has 3 aromatic heterocycles. The van der Waals surface area contributed by atoms with Gasteiger partial charge in [-0.05, 0) is 24.1 Å². The number of anilines is 1. The second-order valence-corrected chi connectivity index (χ2v) is 5.97.